The summed E-state index contributed by atoms with van der Waals surface area (Å²) in [4.78, 5) is 28.5. The monoisotopic (exact) mass is 340 g/mol. The minimum atomic E-state index is -1.18. The number of halogens is 1. The van der Waals surface area contributed by atoms with Crippen molar-refractivity contribution in [1.82, 2.24) is 4.98 Å². The summed E-state index contributed by atoms with van der Waals surface area (Å²) in [6, 6.07) is 15.3. The van der Waals surface area contributed by atoms with Crippen LogP contribution in [0.2, 0.25) is 5.02 Å². The number of ether oxygens (including phenoxy) is 1. The van der Waals surface area contributed by atoms with Crippen LogP contribution in [-0.4, -0.2) is 16.9 Å². The first-order valence-electron chi connectivity index (χ1n) is 7.16. The van der Waals surface area contributed by atoms with Crippen molar-refractivity contribution in [2.75, 3.05) is 0 Å². The molecule has 3 rings (SSSR count). The highest BCUT2D eigenvalue weighted by molar-refractivity contribution is 6.32. The quantitative estimate of drug-likeness (QED) is 0.739. The van der Waals surface area contributed by atoms with Gasteiger partial charge in [-0.15, -0.1) is 0 Å². The summed E-state index contributed by atoms with van der Waals surface area (Å²) in [5.41, 5.74) is 6.51. The molecule has 0 saturated heterocycles. The van der Waals surface area contributed by atoms with Gasteiger partial charge in [-0.3, -0.25) is 9.78 Å². The zero-order valence-electron chi connectivity index (χ0n) is 12.5. The van der Waals surface area contributed by atoms with Crippen molar-refractivity contribution < 1.29 is 14.3 Å². The molecule has 0 spiro atoms. The van der Waals surface area contributed by atoms with Gasteiger partial charge in [0.2, 0.25) is 6.10 Å². The highest BCUT2D eigenvalue weighted by atomic mass is 35.5. The molecule has 0 radical (unpaired) electrons. The van der Waals surface area contributed by atoms with Crippen LogP contribution in [0.1, 0.15) is 22.0 Å². The molecule has 120 valence electrons. The van der Waals surface area contributed by atoms with E-state index in [0.29, 0.717) is 21.5 Å². The largest absolute Gasteiger partial charge is 0.444 e. The molecule has 0 aliphatic rings. The number of aromatic nitrogens is 1. The molecule has 0 bridgehead atoms. The third-order valence-electron chi connectivity index (χ3n) is 3.48. The van der Waals surface area contributed by atoms with E-state index in [1.165, 1.54) is 6.07 Å². The first-order valence-corrected chi connectivity index (χ1v) is 7.53. The van der Waals surface area contributed by atoms with E-state index in [0.717, 1.165) is 0 Å². The van der Waals surface area contributed by atoms with Gasteiger partial charge in [0.15, 0.2) is 0 Å². The molecule has 24 heavy (non-hydrogen) atoms. The number of fused-ring (bicyclic) bond motifs is 1. The molecule has 1 unspecified atom stereocenters. The van der Waals surface area contributed by atoms with Crippen LogP contribution in [-0.2, 0) is 9.53 Å². The van der Waals surface area contributed by atoms with Crippen molar-refractivity contribution >= 4 is 34.4 Å². The van der Waals surface area contributed by atoms with Crippen LogP contribution < -0.4 is 5.73 Å². The Morgan fingerprint density at radius 2 is 1.83 bits per heavy atom. The number of benzene rings is 2. The van der Waals surface area contributed by atoms with Gasteiger partial charge in [-0.25, -0.2) is 4.79 Å². The van der Waals surface area contributed by atoms with E-state index >= 15 is 0 Å². The summed E-state index contributed by atoms with van der Waals surface area (Å²) < 4.78 is 5.34. The molecule has 0 aliphatic heterocycles. The van der Waals surface area contributed by atoms with E-state index in [4.69, 9.17) is 22.1 Å². The number of carbonyl (C=O) groups excluding carboxylic acids is 2. The number of pyridine rings is 1. The van der Waals surface area contributed by atoms with Crippen molar-refractivity contribution in [3.8, 4) is 0 Å². The number of hydrogen-bond acceptors (Lipinski definition) is 4. The van der Waals surface area contributed by atoms with Crippen molar-refractivity contribution in [2.45, 2.75) is 6.10 Å². The third kappa shape index (κ3) is 3.21. The molecule has 0 fully saturated rings. The highest BCUT2D eigenvalue weighted by Gasteiger charge is 2.24. The van der Waals surface area contributed by atoms with Gasteiger partial charge in [0.1, 0.15) is 0 Å². The Labute approximate surface area is 143 Å². The predicted octanol–water partition coefficient (Wildman–Crippen LogP) is 3.27. The molecule has 1 amide bonds. The maximum Gasteiger partial charge on any atom is 0.341 e. The fourth-order valence-corrected chi connectivity index (χ4v) is 2.63. The molecular weight excluding hydrogens is 328 g/mol. The van der Waals surface area contributed by atoms with Crippen LogP contribution in [0.15, 0.2) is 60.8 Å². The van der Waals surface area contributed by atoms with Crippen molar-refractivity contribution in [3.63, 3.8) is 0 Å². The Morgan fingerprint density at radius 1 is 1.08 bits per heavy atom. The van der Waals surface area contributed by atoms with Gasteiger partial charge in [0.05, 0.1) is 11.1 Å². The second-order valence-electron chi connectivity index (χ2n) is 5.13. The molecule has 1 aromatic heterocycles. The van der Waals surface area contributed by atoms with Gasteiger partial charge in [-0.2, -0.15) is 0 Å². The number of nitrogens with two attached hydrogens (primary N) is 1. The number of esters is 1. The van der Waals surface area contributed by atoms with Gasteiger partial charge in [0.25, 0.3) is 5.91 Å². The Balaban J connectivity index is 1.99. The van der Waals surface area contributed by atoms with Gasteiger partial charge in [-0.05, 0) is 18.2 Å². The van der Waals surface area contributed by atoms with E-state index in [9.17, 15) is 9.59 Å². The standard InChI is InChI=1S/C18H13ClN2O3/c19-13-9-12-7-4-8-21-15(12)14(10-13)18(23)24-16(17(20)22)11-5-2-1-3-6-11/h1-10,16H,(H2,20,22). The topological polar surface area (TPSA) is 82.3 Å². The molecule has 1 heterocycles. The van der Waals surface area contributed by atoms with Gasteiger partial charge >= 0.3 is 5.97 Å². The summed E-state index contributed by atoms with van der Waals surface area (Å²) in [7, 11) is 0. The van der Waals surface area contributed by atoms with E-state index in [1.807, 2.05) is 0 Å². The minimum absolute atomic E-state index is 0.181. The molecule has 0 aliphatic carbocycles. The lowest BCUT2D eigenvalue weighted by atomic mass is 10.1. The average molecular weight is 341 g/mol. The summed E-state index contributed by atoms with van der Waals surface area (Å²) in [5, 5.41) is 1.07. The molecule has 6 heteroatoms. The second kappa shape index (κ2) is 6.68. The fraction of sp³-hybridized carbons (Fsp3) is 0.0556. The van der Waals surface area contributed by atoms with Crippen LogP contribution in [0, 0.1) is 0 Å². The summed E-state index contributed by atoms with van der Waals surface area (Å²) >= 11 is 6.06. The lowest BCUT2D eigenvalue weighted by Crippen LogP contribution is -2.26. The van der Waals surface area contributed by atoms with Crippen LogP contribution in [0.4, 0.5) is 0 Å². The first kappa shape index (κ1) is 16.0. The molecular formula is C18H13ClN2O3. The zero-order valence-corrected chi connectivity index (χ0v) is 13.2. The second-order valence-corrected chi connectivity index (χ2v) is 5.56. The maximum atomic E-state index is 12.6. The van der Waals surface area contributed by atoms with E-state index in [2.05, 4.69) is 4.98 Å². The Bertz CT molecular complexity index is 913. The SMILES string of the molecule is NC(=O)C(OC(=O)c1cc(Cl)cc2cccnc12)c1ccccc1. The Morgan fingerprint density at radius 3 is 2.54 bits per heavy atom. The first-order chi connectivity index (χ1) is 11.6. The minimum Gasteiger partial charge on any atom is -0.444 e. The highest BCUT2D eigenvalue weighted by Crippen LogP contribution is 2.25. The van der Waals surface area contributed by atoms with E-state index < -0.39 is 18.0 Å². The maximum absolute atomic E-state index is 12.6. The number of carbonyl (C=O) groups is 2. The van der Waals surface area contributed by atoms with Crippen LogP contribution >= 0.6 is 11.6 Å². The van der Waals surface area contributed by atoms with E-state index in [-0.39, 0.29) is 5.56 Å². The Hall–Kier alpha value is -2.92. The number of primary amides is 1. The van der Waals surface area contributed by atoms with Gasteiger partial charge in [-0.1, -0.05) is 48.0 Å². The molecule has 2 aromatic carbocycles. The van der Waals surface area contributed by atoms with Crippen molar-refractivity contribution in [2.24, 2.45) is 5.73 Å². The number of nitrogens with zero attached hydrogens (tertiary/aromatic N) is 1. The summed E-state index contributed by atoms with van der Waals surface area (Å²) in [5.74, 6) is -1.47. The van der Waals surface area contributed by atoms with E-state index in [1.54, 1.807) is 54.7 Å². The van der Waals surface area contributed by atoms with Gasteiger partial charge in [0, 0.05) is 22.2 Å². The number of hydrogen-bond donors (Lipinski definition) is 1. The summed E-state index contributed by atoms with van der Waals surface area (Å²) in [6.07, 6.45) is 0.381. The van der Waals surface area contributed by atoms with Crippen molar-refractivity contribution in [1.29, 1.82) is 0 Å². The average Bonchev–Trinajstić information content (AvgIpc) is 2.59. The normalized spacial score (nSPS) is 11.9. The lowest BCUT2D eigenvalue weighted by molar-refractivity contribution is -0.127. The van der Waals surface area contributed by atoms with Crippen LogP contribution in [0.5, 0.6) is 0 Å². The zero-order chi connectivity index (χ0) is 17.1. The smallest absolute Gasteiger partial charge is 0.341 e. The molecule has 3 aromatic rings. The lowest BCUT2D eigenvalue weighted by Gasteiger charge is -2.15. The third-order valence-corrected chi connectivity index (χ3v) is 3.69. The number of amides is 1. The summed E-state index contributed by atoms with van der Waals surface area (Å²) in [6.45, 7) is 0. The molecule has 2 N–H and O–H groups in total. The predicted molar refractivity (Wildman–Crippen MR) is 90.5 cm³/mol. The molecule has 1 atom stereocenters. The molecule has 5 nitrogen and oxygen atoms in total. The number of rotatable bonds is 4. The van der Waals surface area contributed by atoms with Crippen LogP contribution in [0.25, 0.3) is 10.9 Å². The fourth-order valence-electron chi connectivity index (χ4n) is 2.40. The van der Waals surface area contributed by atoms with Gasteiger partial charge < -0.3 is 10.5 Å². The van der Waals surface area contributed by atoms with Crippen molar-refractivity contribution in [3.05, 3.63) is 76.9 Å². The van der Waals surface area contributed by atoms with Crippen LogP contribution in [0.3, 0.4) is 0 Å². The Kier molecular flexibility index (Phi) is 4.44. The molecule has 0 saturated carbocycles.